The molecule has 0 aliphatic carbocycles. The van der Waals surface area contributed by atoms with E-state index < -0.39 is 5.38 Å². The van der Waals surface area contributed by atoms with Gasteiger partial charge in [-0.05, 0) is 12.8 Å². The van der Waals surface area contributed by atoms with Crippen molar-refractivity contribution in [1.29, 1.82) is 5.26 Å². The lowest BCUT2D eigenvalue weighted by Crippen LogP contribution is -2.40. The molecule has 0 saturated heterocycles. The molecule has 1 atom stereocenters. The van der Waals surface area contributed by atoms with Crippen LogP contribution in [0, 0.1) is 11.3 Å². The van der Waals surface area contributed by atoms with Crippen molar-refractivity contribution in [2.45, 2.75) is 38.1 Å². The van der Waals surface area contributed by atoms with Crippen molar-refractivity contribution < 1.29 is 4.74 Å². The second-order valence-electron chi connectivity index (χ2n) is 3.55. The Bertz CT molecular complexity index is 190. The minimum atomic E-state index is -0.428. The van der Waals surface area contributed by atoms with E-state index in [0.717, 1.165) is 19.4 Å². The van der Waals surface area contributed by atoms with E-state index in [1.807, 2.05) is 0 Å². The first kappa shape index (κ1) is 14.7. The van der Waals surface area contributed by atoms with Crippen molar-refractivity contribution in [2.24, 2.45) is 0 Å². The molecule has 15 heavy (non-hydrogen) atoms. The number of methoxy groups -OCH3 is 1. The number of nitrogens with zero attached hydrogens (tertiary/aromatic N) is 2. The summed E-state index contributed by atoms with van der Waals surface area (Å²) < 4.78 is 5.06. The minimum Gasteiger partial charge on any atom is -0.383 e. The molecular weight excluding hydrogens is 212 g/mol. The zero-order valence-corrected chi connectivity index (χ0v) is 10.6. The van der Waals surface area contributed by atoms with E-state index in [9.17, 15) is 0 Å². The van der Waals surface area contributed by atoms with Crippen LogP contribution in [0.3, 0.4) is 0 Å². The summed E-state index contributed by atoms with van der Waals surface area (Å²) in [6.07, 6.45) is 2.16. The van der Waals surface area contributed by atoms with Gasteiger partial charge in [0.15, 0.2) is 0 Å². The van der Waals surface area contributed by atoms with Gasteiger partial charge >= 0.3 is 0 Å². The smallest absolute Gasteiger partial charge is 0.133 e. The Hall–Kier alpha value is -0.300. The van der Waals surface area contributed by atoms with E-state index in [1.165, 1.54) is 0 Å². The molecular formula is C11H21ClN2O. The largest absolute Gasteiger partial charge is 0.383 e. The highest BCUT2D eigenvalue weighted by Gasteiger charge is 2.17. The van der Waals surface area contributed by atoms with Gasteiger partial charge in [-0.15, -0.1) is 11.6 Å². The first-order valence-corrected chi connectivity index (χ1v) is 5.89. The van der Waals surface area contributed by atoms with Gasteiger partial charge in [0.1, 0.15) is 5.38 Å². The van der Waals surface area contributed by atoms with Crippen LogP contribution in [0.2, 0.25) is 0 Å². The van der Waals surface area contributed by atoms with E-state index in [2.05, 4.69) is 24.8 Å². The standard InChI is InChI=1S/C11H21ClN2O/c1-4-11(5-2)14(6-7-15-3)9-10(12)8-13/h10-11H,4-7,9H2,1-3H3. The van der Waals surface area contributed by atoms with Crippen LogP contribution in [0.5, 0.6) is 0 Å². The number of ether oxygens (including phenoxy) is 1. The van der Waals surface area contributed by atoms with Crippen molar-refractivity contribution in [3.63, 3.8) is 0 Å². The topological polar surface area (TPSA) is 36.3 Å². The molecule has 0 aromatic carbocycles. The van der Waals surface area contributed by atoms with Crippen LogP contribution in [0.15, 0.2) is 0 Å². The molecule has 0 bridgehead atoms. The molecule has 0 N–H and O–H groups in total. The van der Waals surface area contributed by atoms with Gasteiger partial charge in [0.05, 0.1) is 12.7 Å². The molecule has 0 radical (unpaired) electrons. The van der Waals surface area contributed by atoms with Crippen molar-refractivity contribution >= 4 is 11.6 Å². The van der Waals surface area contributed by atoms with Gasteiger partial charge in [-0.25, -0.2) is 0 Å². The first-order chi connectivity index (χ1) is 7.19. The quantitative estimate of drug-likeness (QED) is 0.603. The Balaban J connectivity index is 4.22. The van der Waals surface area contributed by atoms with Crippen LogP contribution in [0.4, 0.5) is 0 Å². The average Bonchev–Trinajstić information content (AvgIpc) is 2.26. The van der Waals surface area contributed by atoms with E-state index in [4.69, 9.17) is 21.6 Å². The molecule has 4 heteroatoms. The van der Waals surface area contributed by atoms with Crippen LogP contribution in [0.1, 0.15) is 26.7 Å². The summed E-state index contributed by atoms with van der Waals surface area (Å²) in [7, 11) is 1.69. The molecule has 0 aliphatic rings. The number of halogens is 1. The minimum absolute atomic E-state index is 0.428. The van der Waals surface area contributed by atoms with E-state index in [-0.39, 0.29) is 0 Å². The van der Waals surface area contributed by atoms with Gasteiger partial charge in [-0.1, -0.05) is 13.8 Å². The molecule has 0 heterocycles. The van der Waals surface area contributed by atoms with Gasteiger partial charge in [-0.2, -0.15) is 5.26 Å². The maximum atomic E-state index is 8.70. The van der Waals surface area contributed by atoms with E-state index in [1.54, 1.807) is 7.11 Å². The maximum Gasteiger partial charge on any atom is 0.133 e. The Morgan fingerprint density at radius 2 is 2.00 bits per heavy atom. The molecule has 88 valence electrons. The van der Waals surface area contributed by atoms with E-state index in [0.29, 0.717) is 19.2 Å². The SMILES string of the molecule is CCC(CC)N(CCOC)CC(Cl)C#N. The fraction of sp³-hybridized carbons (Fsp3) is 0.909. The second-order valence-corrected chi connectivity index (χ2v) is 4.08. The number of hydrogen-bond donors (Lipinski definition) is 0. The lowest BCUT2D eigenvalue weighted by atomic mass is 10.1. The highest BCUT2D eigenvalue weighted by atomic mass is 35.5. The van der Waals surface area contributed by atoms with Gasteiger partial charge < -0.3 is 4.74 Å². The monoisotopic (exact) mass is 232 g/mol. The van der Waals surface area contributed by atoms with Crippen molar-refractivity contribution in [1.82, 2.24) is 4.90 Å². The summed E-state index contributed by atoms with van der Waals surface area (Å²) in [6.45, 7) is 6.46. The highest BCUT2D eigenvalue weighted by molar-refractivity contribution is 6.22. The molecule has 0 saturated carbocycles. The average molecular weight is 233 g/mol. The Labute approximate surface area is 98.0 Å². The first-order valence-electron chi connectivity index (χ1n) is 5.46. The predicted molar refractivity (Wildman–Crippen MR) is 63.1 cm³/mol. The second kappa shape index (κ2) is 8.96. The Morgan fingerprint density at radius 1 is 1.40 bits per heavy atom. The fourth-order valence-corrected chi connectivity index (χ4v) is 1.86. The number of rotatable bonds is 8. The molecule has 0 aromatic rings. The fourth-order valence-electron chi connectivity index (χ4n) is 1.68. The molecule has 0 aliphatic heterocycles. The zero-order valence-electron chi connectivity index (χ0n) is 9.87. The summed E-state index contributed by atoms with van der Waals surface area (Å²) in [4.78, 5) is 2.24. The van der Waals surface area contributed by atoms with Crippen LogP contribution in [-0.4, -0.2) is 43.1 Å². The van der Waals surface area contributed by atoms with Gasteiger partial charge in [0.25, 0.3) is 0 Å². The summed E-state index contributed by atoms with van der Waals surface area (Å²) in [5.74, 6) is 0. The van der Waals surface area contributed by atoms with Gasteiger partial charge in [0.2, 0.25) is 0 Å². The number of alkyl halides is 1. The molecule has 3 nitrogen and oxygen atoms in total. The summed E-state index contributed by atoms with van der Waals surface area (Å²) in [5.41, 5.74) is 0. The third-order valence-electron chi connectivity index (χ3n) is 2.58. The van der Waals surface area contributed by atoms with Crippen molar-refractivity contribution in [3.05, 3.63) is 0 Å². The third-order valence-corrected chi connectivity index (χ3v) is 2.81. The van der Waals surface area contributed by atoms with Crippen molar-refractivity contribution in [2.75, 3.05) is 26.8 Å². The Morgan fingerprint density at radius 3 is 2.40 bits per heavy atom. The summed E-state index contributed by atoms with van der Waals surface area (Å²) in [5, 5.41) is 8.27. The zero-order chi connectivity index (χ0) is 11.7. The third kappa shape index (κ3) is 5.99. The molecule has 0 aromatic heterocycles. The van der Waals surface area contributed by atoms with E-state index >= 15 is 0 Å². The molecule has 0 fully saturated rings. The van der Waals surface area contributed by atoms with Crippen LogP contribution in [0.25, 0.3) is 0 Å². The van der Waals surface area contributed by atoms with Gasteiger partial charge in [0, 0.05) is 26.2 Å². The lowest BCUT2D eigenvalue weighted by molar-refractivity contribution is 0.118. The van der Waals surface area contributed by atoms with Crippen LogP contribution < -0.4 is 0 Å². The highest BCUT2D eigenvalue weighted by Crippen LogP contribution is 2.10. The van der Waals surface area contributed by atoms with Crippen LogP contribution >= 0.6 is 11.6 Å². The maximum absolute atomic E-state index is 8.70. The summed E-state index contributed by atoms with van der Waals surface area (Å²) >= 11 is 5.85. The number of nitriles is 1. The van der Waals surface area contributed by atoms with Crippen LogP contribution in [-0.2, 0) is 4.74 Å². The lowest BCUT2D eigenvalue weighted by Gasteiger charge is -2.30. The van der Waals surface area contributed by atoms with Crippen molar-refractivity contribution in [3.8, 4) is 6.07 Å². The molecule has 0 spiro atoms. The molecule has 1 unspecified atom stereocenters. The summed E-state index contributed by atoms with van der Waals surface area (Å²) in [6, 6.07) is 2.55. The Kier molecular flexibility index (Phi) is 8.79. The predicted octanol–water partition coefficient (Wildman–Crippen LogP) is 2.25. The normalized spacial score (nSPS) is 13.1. The molecule has 0 amide bonds. The van der Waals surface area contributed by atoms with Gasteiger partial charge in [-0.3, -0.25) is 4.90 Å². The number of hydrogen-bond acceptors (Lipinski definition) is 3. The molecule has 0 rings (SSSR count).